The number of rotatable bonds is 14. The fourth-order valence-electron chi connectivity index (χ4n) is 5.42. The highest BCUT2D eigenvalue weighted by Crippen LogP contribution is 2.56. The van der Waals surface area contributed by atoms with Crippen molar-refractivity contribution in [2.24, 2.45) is 0 Å². The van der Waals surface area contributed by atoms with E-state index in [9.17, 15) is 9.59 Å². The molecule has 0 saturated heterocycles. The topological polar surface area (TPSA) is 80.3 Å². The monoisotopic (exact) mass is 576 g/mol. The third-order valence-electron chi connectivity index (χ3n) is 7.24. The average Bonchev–Trinajstić information content (AvgIpc) is 3.36. The van der Waals surface area contributed by atoms with Crippen molar-refractivity contribution in [3.63, 3.8) is 0 Å². The molecule has 4 aromatic carbocycles. The Morgan fingerprint density at radius 1 is 0.581 bits per heavy atom. The summed E-state index contributed by atoms with van der Waals surface area (Å²) in [6.45, 7) is 7.54. The van der Waals surface area contributed by atoms with Crippen LogP contribution in [0.5, 0.6) is 11.5 Å². The Morgan fingerprint density at radius 2 is 1.05 bits per heavy atom. The summed E-state index contributed by atoms with van der Waals surface area (Å²) in [5.74, 6) is 0.370. The number of carbonyl (C=O) groups excluding carboxylic acids is 2. The lowest BCUT2D eigenvalue weighted by atomic mass is 9.68. The lowest BCUT2D eigenvalue weighted by molar-refractivity contribution is -0.150. The molecule has 0 spiro atoms. The molecule has 218 valence electrons. The lowest BCUT2D eigenvalue weighted by Crippen LogP contribution is -2.28. The van der Waals surface area contributed by atoms with Crippen molar-refractivity contribution in [2.75, 3.05) is 33.2 Å². The van der Waals surface area contributed by atoms with Crippen LogP contribution in [0.4, 0.5) is 0 Å². The van der Waals surface area contributed by atoms with Crippen LogP contribution in [-0.2, 0) is 29.2 Å². The molecule has 0 radical (unpaired) electrons. The molecule has 0 heterocycles. The molecule has 0 aliphatic heterocycles. The molecule has 4 aromatic rings. The van der Waals surface area contributed by atoms with E-state index < -0.39 is 17.4 Å². The third kappa shape index (κ3) is 6.22. The number of esters is 2. The van der Waals surface area contributed by atoms with Gasteiger partial charge in [0, 0.05) is 12.2 Å². The van der Waals surface area contributed by atoms with Crippen LogP contribution >= 0.6 is 0 Å². The van der Waals surface area contributed by atoms with Gasteiger partial charge in [0.25, 0.3) is 0 Å². The first-order chi connectivity index (χ1) is 21.1. The van der Waals surface area contributed by atoms with Crippen LogP contribution in [0.2, 0.25) is 0 Å². The summed E-state index contributed by atoms with van der Waals surface area (Å²) < 4.78 is 26.8. The van der Waals surface area contributed by atoms with Gasteiger partial charge in [-0.3, -0.25) is 0 Å². The minimum Gasteiger partial charge on any atom is -0.491 e. The van der Waals surface area contributed by atoms with E-state index in [2.05, 4.69) is 86.0 Å². The maximum Gasteiger partial charge on any atom is 0.332 e. The quantitative estimate of drug-likeness (QED) is 0.0670. The van der Waals surface area contributed by atoms with E-state index in [1.165, 1.54) is 22.3 Å². The Hall–Kier alpha value is -5.14. The number of hydrogen-bond acceptors (Lipinski definition) is 7. The molecule has 7 heteroatoms. The second kappa shape index (κ2) is 13.7. The molecule has 0 bridgehead atoms. The van der Waals surface area contributed by atoms with E-state index in [1.807, 2.05) is 24.3 Å². The van der Waals surface area contributed by atoms with Crippen LogP contribution in [0.15, 0.2) is 122 Å². The van der Waals surface area contributed by atoms with Gasteiger partial charge in [0.1, 0.15) is 31.3 Å². The van der Waals surface area contributed by atoms with Crippen molar-refractivity contribution in [3.8, 4) is 22.6 Å². The predicted molar refractivity (Wildman–Crippen MR) is 163 cm³/mol. The lowest BCUT2D eigenvalue weighted by Gasteiger charge is -2.34. The van der Waals surface area contributed by atoms with Gasteiger partial charge in [-0.2, -0.15) is 0 Å². The molecule has 0 fully saturated rings. The molecule has 0 amide bonds. The Morgan fingerprint density at radius 3 is 1.56 bits per heavy atom. The van der Waals surface area contributed by atoms with Gasteiger partial charge in [-0.1, -0.05) is 86.0 Å². The molecule has 43 heavy (non-hydrogen) atoms. The largest absolute Gasteiger partial charge is 0.491 e. The summed E-state index contributed by atoms with van der Waals surface area (Å²) >= 11 is 0. The predicted octanol–water partition coefficient (Wildman–Crippen LogP) is 6.24. The SMILES string of the molecule is C=CC(=O)OCCOc1ccc(C2(c3ccc(OCCOCOC(=O)C=C)cc3)c3ccccc3-c3ccccc32)cc1. The van der Waals surface area contributed by atoms with Crippen LogP contribution in [0.3, 0.4) is 0 Å². The van der Waals surface area contributed by atoms with Gasteiger partial charge in [0.05, 0.1) is 12.0 Å². The summed E-state index contributed by atoms with van der Waals surface area (Å²) in [5, 5.41) is 0. The second-order valence-corrected chi connectivity index (χ2v) is 9.65. The van der Waals surface area contributed by atoms with Gasteiger partial charge >= 0.3 is 11.9 Å². The first kappa shape index (κ1) is 29.4. The molecule has 0 saturated carbocycles. The van der Waals surface area contributed by atoms with E-state index in [0.29, 0.717) is 18.1 Å². The Balaban J connectivity index is 1.41. The smallest absolute Gasteiger partial charge is 0.332 e. The minimum atomic E-state index is -0.568. The molecule has 1 aliphatic rings. The summed E-state index contributed by atoms with van der Waals surface area (Å²) in [4.78, 5) is 22.4. The van der Waals surface area contributed by atoms with E-state index in [4.69, 9.17) is 23.7 Å². The Labute approximate surface area is 250 Å². The molecule has 1 aliphatic carbocycles. The van der Waals surface area contributed by atoms with Gasteiger partial charge in [0.15, 0.2) is 6.79 Å². The molecule has 7 nitrogen and oxygen atoms in total. The number of carbonyl (C=O) groups is 2. The number of hydrogen-bond donors (Lipinski definition) is 0. The minimum absolute atomic E-state index is 0.139. The highest BCUT2D eigenvalue weighted by atomic mass is 16.7. The van der Waals surface area contributed by atoms with Gasteiger partial charge in [-0.05, 0) is 57.6 Å². The van der Waals surface area contributed by atoms with Crippen molar-refractivity contribution < 1.29 is 33.3 Å². The van der Waals surface area contributed by atoms with E-state index in [1.54, 1.807) is 0 Å². The number of ether oxygens (including phenoxy) is 5. The Bertz CT molecular complexity index is 1540. The van der Waals surface area contributed by atoms with Crippen LogP contribution in [0, 0.1) is 0 Å². The van der Waals surface area contributed by atoms with Gasteiger partial charge in [-0.25, -0.2) is 9.59 Å². The molecular weight excluding hydrogens is 544 g/mol. The van der Waals surface area contributed by atoms with Crippen molar-refractivity contribution in [1.82, 2.24) is 0 Å². The van der Waals surface area contributed by atoms with Crippen LogP contribution < -0.4 is 9.47 Å². The summed E-state index contributed by atoms with van der Waals surface area (Å²) in [6.07, 6.45) is 2.22. The van der Waals surface area contributed by atoms with Gasteiger partial charge in [0.2, 0.25) is 0 Å². The highest BCUT2D eigenvalue weighted by molar-refractivity contribution is 5.86. The summed E-state index contributed by atoms with van der Waals surface area (Å²) in [5.41, 5.74) is 6.38. The van der Waals surface area contributed by atoms with Crippen molar-refractivity contribution in [1.29, 1.82) is 0 Å². The second-order valence-electron chi connectivity index (χ2n) is 9.65. The number of fused-ring (bicyclic) bond motifs is 3. The van der Waals surface area contributed by atoms with Gasteiger partial charge < -0.3 is 23.7 Å². The molecule has 0 aromatic heterocycles. The van der Waals surface area contributed by atoms with Crippen molar-refractivity contribution >= 4 is 11.9 Å². The summed E-state index contributed by atoms with van der Waals surface area (Å²) in [6, 6.07) is 33.2. The number of benzene rings is 4. The molecule has 0 atom stereocenters. The Kier molecular flexibility index (Phi) is 9.34. The highest BCUT2D eigenvalue weighted by Gasteiger charge is 2.45. The zero-order chi connectivity index (χ0) is 30.1. The normalized spacial score (nSPS) is 12.4. The van der Waals surface area contributed by atoms with Gasteiger partial charge in [-0.15, -0.1) is 0 Å². The van der Waals surface area contributed by atoms with Crippen molar-refractivity contribution in [2.45, 2.75) is 5.41 Å². The fourth-order valence-corrected chi connectivity index (χ4v) is 5.42. The molecule has 0 unspecified atom stereocenters. The summed E-state index contributed by atoms with van der Waals surface area (Å²) in [7, 11) is 0. The van der Waals surface area contributed by atoms with Crippen molar-refractivity contribution in [3.05, 3.63) is 145 Å². The standard InChI is InChI=1S/C36H32O7/c1-3-34(37)42-24-23-41-29-19-15-27(16-20-29)36(32-11-7-5-9-30(32)31-10-6-8-12-33(31)36)26-13-17-28(18-14-26)40-22-21-39-25-43-35(38)4-2/h3-20H,1-2,21-25H2. The maximum absolute atomic E-state index is 11.3. The van der Waals surface area contributed by atoms with E-state index in [0.717, 1.165) is 23.3 Å². The average molecular weight is 577 g/mol. The van der Waals surface area contributed by atoms with E-state index >= 15 is 0 Å². The zero-order valence-corrected chi connectivity index (χ0v) is 23.7. The molecular formula is C36H32O7. The first-order valence-electron chi connectivity index (χ1n) is 13.9. The fraction of sp³-hybridized carbons (Fsp3) is 0.167. The first-order valence-corrected chi connectivity index (χ1v) is 13.9. The van der Waals surface area contributed by atoms with E-state index in [-0.39, 0.29) is 26.6 Å². The van der Waals surface area contributed by atoms with Crippen LogP contribution in [0.1, 0.15) is 22.3 Å². The third-order valence-corrected chi connectivity index (χ3v) is 7.24. The van der Waals surface area contributed by atoms with Crippen LogP contribution in [0.25, 0.3) is 11.1 Å². The zero-order valence-electron chi connectivity index (χ0n) is 23.7. The molecule has 5 rings (SSSR count). The molecule has 0 N–H and O–H groups in total. The maximum atomic E-state index is 11.3. The van der Waals surface area contributed by atoms with Crippen LogP contribution in [-0.4, -0.2) is 45.2 Å².